The Morgan fingerprint density at radius 3 is 2.88 bits per heavy atom. The fourth-order valence-electron chi connectivity index (χ4n) is 1.96. The lowest BCUT2D eigenvalue weighted by Gasteiger charge is -2.33. The van der Waals surface area contributed by atoms with Gasteiger partial charge in [-0.05, 0) is 32.4 Å². The molecule has 1 aromatic rings. The first-order chi connectivity index (χ1) is 7.59. The molecule has 16 heavy (non-hydrogen) atoms. The zero-order valence-corrected chi connectivity index (χ0v) is 10.9. The van der Waals surface area contributed by atoms with Gasteiger partial charge in [-0.1, -0.05) is 0 Å². The number of carbonyl (C=O) groups excluding carboxylic acids is 1. The third-order valence-electron chi connectivity index (χ3n) is 3.14. The number of piperazine rings is 1. The smallest absolute Gasteiger partial charge is 0.264 e. The summed E-state index contributed by atoms with van der Waals surface area (Å²) in [5.74, 6) is 0.190. The lowest BCUT2D eigenvalue weighted by Crippen LogP contribution is -2.52. The lowest BCUT2D eigenvalue weighted by atomic mass is 10.2. The zero-order valence-electron chi connectivity index (χ0n) is 10.0. The highest BCUT2D eigenvalue weighted by Crippen LogP contribution is 2.23. The molecule has 1 aliphatic heterocycles. The molecule has 4 heteroatoms. The molecule has 0 bridgehead atoms. The van der Waals surface area contributed by atoms with Gasteiger partial charge in [0.25, 0.3) is 5.91 Å². The number of amides is 1. The minimum absolute atomic E-state index is 0.190. The van der Waals surface area contributed by atoms with Crippen molar-refractivity contribution in [3.63, 3.8) is 0 Å². The molecule has 1 atom stereocenters. The van der Waals surface area contributed by atoms with Crippen molar-refractivity contribution in [2.45, 2.75) is 26.8 Å². The predicted octanol–water partition coefficient (Wildman–Crippen LogP) is 1.80. The number of carbonyl (C=O) groups is 1. The van der Waals surface area contributed by atoms with Crippen LogP contribution in [0.5, 0.6) is 0 Å². The largest absolute Gasteiger partial charge is 0.333 e. The Balaban J connectivity index is 2.17. The van der Waals surface area contributed by atoms with Crippen LogP contribution in [0, 0.1) is 13.8 Å². The number of nitrogens with one attached hydrogen (secondary N) is 1. The van der Waals surface area contributed by atoms with Crippen LogP contribution in [0.15, 0.2) is 6.07 Å². The molecule has 1 aromatic heterocycles. The standard InChI is InChI=1S/C12H18N2OS/c1-8-6-11(16-10(8)3)12(15)14-5-4-13-7-9(14)2/h6,9,13H,4-5,7H2,1-3H3. The Labute approximate surface area is 100 Å². The maximum Gasteiger partial charge on any atom is 0.264 e. The monoisotopic (exact) mass is 238 g/mol. The summed E-state index contributed by atoms with van der Waals surface area (Å²) in [5, 5.41) is 3.30. The van der Waals surface area contributed by atoms with Gasteiger partial charge in [-0.2, -0.15) is 0 Å². The highest BCUT2D eigenvalue weighted by atomic mass is 32.1. The summed E-state index contributed by atoms with van der Waals surface area (Å²) < 4.78 is 0. The number of thiophene rings is 1. The van der Waals surface area contributed by atoms with E-state index < -0.39 is 0 Å². The van der Waals surface area contributed by atoms with Gasteiger partial charge in [-0.3, -0.25) is 4.79 Å². The molecular weight excluding hydrogens is 220 g/mol. The Morgan fingerprint density at radius 2 is 2.31 bits per heavy atom. The van der Waals surface area contributed by atoms with E-state index in [9.17, 15) is 4.79 Å². The molecule has 0 aromatic carbocycles. The van der Waals surface area contributed by atoms with E-state index in [2.05, 4.69) is 26.1 Å². The summed E-state index contributed by atoms with van der Waals surface area (Å²) >= 11 is 1.61. The number of aryl methyl sites for hydroxylation is 2. The molecule has 0 spiro atoms. The van der Waals surface area contributed by atoms with Gasteiger partial charge < -0.3 is 10.2 Å². The molecule has 2 heterocycles. The van der Waals surface area contributed by atoms with Crippen molar-refractivity contribution >= 4 is 17.2 Å². The summed E-state index contributed by atoms with van der Waals surface area (Å²) in [6.07, 6.45) is 0. The SMILES string of the molecule is Cc1cc(C(=O)N2CCNCC2C)sc1C. The Bertz CT molecular complexity index is 380. The van der Waals surface area contributed by atoms with Crippen molar-refractivity contribution in [3.05, 3.63) is 21.4 Å². The van der Waals surface area contributed by atoms with Crippen LogP contribution in [0.25, 0.3) is 0 Å². The van der Waals surface area contributed by atoms with Crippen LogP contribution in [0.2, 0.25) is 0 Å². The minimum Gasteiger partial charge on any atom is -0.333 e. The first-order valence-corrected chi connectivity index (χ1v) is 6.50. The molecule has 1 N–H and O–H groups in total. The van der Waals surface area contributed by atoms with E-state index in [0.29, 0.717) is 6.04 Å². The molecule has 1 unspecified atom stereocenters. The third-order valence-corrected chi connectivity index (χ3v) is 4.28. The highest BCUT2D eigenvalue weighted by molar-refractivity contribution is 7.14. The first-order valence-electron chi connectivity index (χ1n) is 5.68. The van der Waals surface area contributed by atoms with E-state index >= 15 is 0 Å². The van der Waals surface area contributed by atoms with Gasteiger partial charge in [-0.25, -0.2) is 0 Å². The predicted molar refractivity (Wildman–Crippen MR) is 67.2 cm³/mol. The van der Waals surface area contributed by atoms with Crippen molar-refractivity contribution in [1.29, 1.82) is 0 Å². The summed E-state index contributed by atoms with van der Waals surface area (Å²) in [4.78, 5) is 16.4. The van der Waals surface area contributed by atoms with E-state index in [4.69, 9.17) is 0 Å². The quantitative estimate of drug-likeness (QED) is 0.809. The van der Waals surface area contributed by atoms with Crippen LogP contribution < -0.4 is 5.32 Å². The summed E-state index contributed by atoms with van der Waals surface area (Å²) in [7, 11) is 0. The van der Waals surface area contributed by atoms with Gasteiger partial charge in [0.05, 0.1) is 4.88 Å². The van der Waals surface area contributed by atoms with Gasteiger partial charge in [0, 0.05) is 30.6 Å². The minimum atomic E-state index is 0.190. The number of hydrogen-bond donors (Lipinski definition) is 1. The van der Waals surface area contributed by atoms with Crippen molar-refractivity contribution in [3.8, 4) is 0 Å². The van der Waals surface area contributed by atoms with Gasteiger partial charge in [0.15, 0.2) is 0 Å². The van der Waals surface area contributed by atoms with Gasteiger partial charge in [-0.15, -0.1) is 11.3 Å². The zero-order chi connectivity index (χ0) is 11.7. The van der Waals surface area contributed by atoms with Crippen molar-refractivity contribution < 1.29 is 4.79 Å². The number of nitrogens with zero attached hydrogens (tertiary/aromatic N) is 1. The second kappa shape index (κ2) is 4.55. The Hall–Kier alpha value is -0.870. The van der Waals surface area contributed by atoms with Crippen LogP contribution in [0.4, 0.5) is 0 Å². The molecule has 0 saturated carbocycles. The Morgan fingerprint density at radius 1 is 1.56 bits per heavy atom. The summed E-state index contributed by atoms with van der Waals surface area (Å²) in [6.45, 7) is 8.84. The topological polar surface area (TPSA) is 32.3 Å². The molecule has 1 aliphatic rings. The van der Waals surface area contributed by atoms with Crippen LogP contribution in [-0.4, -0.2) is 36.5 Å². The molecule has 1 fully saturated rings. The average molecular weight is 238 g/mol. The van der Waals surface area contributed by atoms with Crippen molar-refractivity contribution in [1.82, 2.24) is 10.2 Å². The fourth-order valence-corrected chi connectivity index (χ4v) is 2.95. The van der Waals surface area contributed by atoms with Crippen LogP contribution in [0.3, 0.4) is 0 Å². The fraction of sp³-hybridized carbons (Fsp3) is 0.583. The summed E-state index contributed by atoms with van der Waals surface area (Å²) in [5.41, 5.74) is 1.22. The number of hydrogen-bond acceptors (Lipinski definition) is 3. The number of rotatable bonds is 1. The van der Waals surface area contributed by atoms with Crippen LogP contribution >= 0.6 is 11.3 Å². The van der Waals surface area contributed by atoms with E-state index in [1.54, 1.807) is 11.3 Å². The molecule has 1 saturated heterocycles. The molecular formula is C12H18N2OS. The third kappa shape index (κ3) is 2.13. The van der Waals surface area contributed by atoms with Crippen molar-refractivity contribution in [2.24, 2.45) is 0 Å². The van der Waals surface area contributed by atoms with Gasteiger partial charge >= 0.3 is 0 Å². The normalized spacial score (nSPS) is 21.2. The molecule has 1 amide bonds. The van der Waals surface area contributed by atoms with Crippen LogP contribution in [0.1, 0.15) is 27.0 Å². The maximum absolute atomic E-state index is 12.3. The van der Waals surface area contributed by atoms with E-state index in [1.165, 1.54) is 10.4 Å². The highest BCUT2D eigenvalue weighted by Gasteiger charge is 2.25. The van der Waals surface area contributed by atoms with Gasteiger partial charge in [0.1, 0.15) is 0 Å². The van der Waals surface area contributed by atoms with Crippen LogP contribution in [-0.2, 0) is 0 Å². The second-order valence-corrected chi connectivity index (χ2v) is 5.66. The molecule has 88 valence electrons. The van der Waals surface area contributed by atoms with E-state index in [0.717, 1.165) is 24.5 Å². The Kier molecular flexibility index (Phi) is 3.30. The maximum atomic E-state index is 12.3. The summed E-state index contributed by atoms with van der Waals surface area (Å²) in [6, 6.07) is 2.31. The molecule has 2 rings (SSSR count). The van der Waals surface area contributed by atoms with Gasteiger partial charge in [0.2, 0.25) is 0 Å². The van der Waals surface area contributed by atoms with E-state index in [1.807, 2.05) is 11.0 Å². The molecule has 0 aliphatic carbocycles. The second-order valence-electron chi connectivity index (χ2n) is 4.40. The van der Waals surface area contributed by atoms with E-state index in [-0.39, 0.29) is 5.91 Å². The average Bonchev–Trinajstić information content (AvgIpc) is 2.59. The first kappa shape index (κ1) is 11.6. The van der Waals surface area contributed by atoms with Crippen molar-refractivity contribution in [2.75, 3.05) is 19.6 Å². The lowest BCUT2D eigenvalue weighted by molar-refractivity contribution is 0.0661. The molecule has 3 nitrogen and oxygen atoms in total. The molecule has 0 radical (unpaired) electrons.